The summed E-state index contributed by atoms with van der Waals surface area (Å²) in [5.74, 6) is -0.155. The lowest BCUT2D eigenvalue weighted by Crippen LogP contribution is -2.35. The first-order valence-electron chi connectivity index (χ1n) is 9.75. The minimum Gasteiger partial charge on any atom is -0.477 e. The fourth-order valence-corrected chi connectivity index (χ4v) is 3.84. The van der Waals surface area contributed by atoms with E-state index >= 15 is 0 Å². The third-order valence-electron chi connectivity index (χ3n) is 5.04. The zero-order chi connectivity index (χ0) is 21.1. The standard InChI is InChI=1S/C23H22FN3O2S/c1-15-6-3-4-7-18(15)20-19-21(26-23(25-20)30-2)29-13-5-12-27(22(19)28)14-16-8-10-17(24)11-9-16/h3-4,6-11H,5,12-14H2,1-2H3. The maximum absolute atomic E-state index is 13.7. The van der Waals surface area contributed by atoms with Gasteiger partial charge in [-0.3, -0.25) is 4.79 Å². The van der Waals surface area contributed by atoms with Crippen LogP contribution in [0.15, 0.2) is 53.7 Å². The summed E-state index contributed by atoms with van der Waals surface area (Å²) >= 11 is 1.41. The number of aromatic nitrogens is 2. The van der Waals surface area contributed by atoms with E-state index in [1.807, 2.05) is 37.4 Å². The molecule has 0 bridgehead atoms. The van der Waals surface area contributed by atoms with Gasteiger partial charge in [-0.2, -0.15) is 4.98 Å². The molecule has 1 aromatic heterocycles. The van der Waals surface area contributed by atoms with Crippen molar-refractivity contribution in [2.75, 3.05) is 19.4 Å². The topological polar surface area (TPSA) is 55.3 Å². The molecule has 30 heavy (non-hydrogen) atoms. The van der Waals surface area contributed by atoms with Crippen LogP contribution in [0.2, 0.25) is 0 Å². The van der Waals surface area contributed by atoms with Crippen LogP contribution in [0, 0.1) is 12.7 Å². The molecule has 154 valence electrons. The van der Waals surface area contributed by atoms with Crippen molar-refractivity contribution in [3.05, 3.63) is 71.0 Å². The molecule has 3 aromatic rings. The molecular weight excluding hydrogens is 401 g/mol. The van der Waals surface area contributed by atoms with E-state index in [0.29, 0.717) is 48.4 Å². The number of benzene rings is 2. The zero-order valence-electron chi connectivity index (χ0n) is 16.9. The number of amides is 1. The number of hydrogen-bond donors (Lipinski definition) is 0. The molecule has 1 amide bonds. The van der Waals surface area contributed by atoms with E-state index in [9.17, 15) is 9.18 Å². The van der Waals surface area contributed by atoms with Crippen LogP contribution in [-0.4, -0.2) is 40.2 Å². The molecular formula is C23H22FN3O2S. The highest BCUT2D eigenvalue weighted by Gasteiger charge is 2.29. The monoisotopic (exact) mass is 423 g/mol. The smallest absolute Gasteiger partial charge is 0.261 e. The Kier molecular flexibility index (Phi) is 5.99. The minimum atomic E-state index is -0.295. The van der Waals surface area contributed by atoms with Gasteiger partial charge in [-0.15, -0.1) is 0 Å². The van der Waals surface area contributed by atoms with Crippen LogP contribution >= 0.6 is 11.8 Å². The van der Waals surface area contributed by atoms with Crippen LogP contribution < -0.4 is 4.74 Å². The SMILES string of the molecule is CSc1nc2c(c(-c3ccccc3C)n1)C(=O)N(Cc1ccc(F)cc1)CCCO2. The lowest BCUT2D eigenvalue weighted by molar-refractivity contribution is 0.0710. The Balaban J connectivity index is 1.81. The second-order valence-electron chi connectivity index (χ2n) is 7.11. The van der Waals surface area contributed by atoms with Crippen molar-refractivity contribution < 1.29 is 13.9 Å². The highest BCUT2D eigenvalue weighted by molar-refractivity contribution is 7.98. The molecule has 4 rings (SSSR count). The number of carbonyl (C=O) groups excluding carboxylic acids is 1. The largest absolute Gasteiger partial charge is 0.477 e. The summed E-state index contributed by atoms with van der Waals surface area (Å²) in [6.07, 6.45) is 2.58. The Morgan fingerprint density at radius 3 is 2.63 bits per heavy atom. The van der Waals surface area contributed by atoms with Crippen LogP contribution in [0.5, 0.6) is 5.88 Å². The minimum absolute atomic E-state index is 0.181. The Labute approximate surface area is 179 Å². The molecule has 0 saturated heterocycles. The van der Waals surface area contributed by atoms with Crippen molar-refractivity contribution in [1.29, 1.82) is 0 Å². The van der Waals surface area contributed by atoms with Crippen LogP contribution in [0.4, 0.5) is 4.39 Å². The van der Waals surface area contributed by atoms with E-state index in [0.717, 1.165) is 16.7 Å². The molecule has 5 nitrogen and oxygen atoms in total. The third kappa shape index (κ3) is 4.16. The summed E-state index contributed by atoms with van der Waals surface area (Å²) in [6.45, 7) is 3.37. The van der Waals surface area contributed by atoms with Gasteiger partial charge >= 0.3 is 0 Å². The first-order valence-corrected chi connectivity index (χ1v) is 11.0. The van der Waals surface area contributed by atoms with Gasteiger partial charge in [0.1, 0.15) is 11.4 Å². The lowest BCUT2D eigenvalue weighted by Gasteiger charge is -2.27. The van der Waals surface area contributed by atoms with Crippen molar-refractivity contribution in [3.8, 4) is 17.1 Å². The number of aryl methyl sites for hydroxylation is 1. The molecule has 0 unspecified atom stereocenters. The van der Waals surface area contributed by atoms with Gasteiger partial charge in [0.25, 0.3) is 5.91 Å². The Hall–Kier alpha value is -2.93. The number of carbonyl (C=O) groups is 1. The number of halogens is 1. The number of fused-ring (bicyclic) bond motifs is 1. The van der Waals surface area contributed by atoms with Gasteiger partial charge in [-0.05, 0) is 42.9 Å². The first-order chi connectivity index (χ1) is 14.6. The van der Waals surface area contributed by atoms with Crippen molar-refractivity contribution in [3.63, 3.8) is 0 Å². The summed E-state index contributed by atoms with van der Waals surface area (Å²) in [6, 6.07) is 14.1. The van der Waals surface area contributed by atoms with Crippen molar-refractivity contribution >= 4 is 17.7 Å². The van der Waals surface area contributed by atoms with E-state index in [4.69, 9.17) is 4.74 Å². The molecule has 0 aliphatic carbocycles. The fraction of sp³-hybridized carbons (Fsp3) is 0.261. The summed E-state index contributed by atoms with van der Waals surface area (Å²) in [5.41, 5.74) is 3.73. The molecule has 1 aliphatic heterocycles. The maximum atomic E-state index is 13.7. The maximum Gasteiger partial charge on any atom is 0.261 e. The van der Waals surface area contributed by atoms with Crippen LogP contribution in [0.1, 0.15) is 27.9 Å². The van der Waals surface area contributed by atoms with Gasteiger partial charge in [0.15, 0.2) is 5.16 Å². The molecule has 0 fully saturated rings. The van der Waals surface area contributed by atoms with E-state index in [1.54, 1.807) is 17.0 Å². The molecule has 0 saturated carbocycles. The summed E-state index contributed by atoms with van der Waals surface area (Å²) in [4.78, 5) is 24.6. The van der Waals surface area contributed by atoms with Gasteiger partial charge in [0.2, 0.25) is 5.88 Å². The predicted molar refractivity (Wildman–Crippen MR) is 115 cm³/mol. The second-order valence-corrected chi connectivity index (χ2v) is 7.88. The molecule has 2 aromatic carbocycles. The van der Waals surface area contributed by atoms with Crippen LogP contribution in [-0.2, 0) is 6.54 Å². The predicted octanol–water partition coefficient (Wildman–Crippen LogP) is 4.74. The third-order valence-corrected chi connectivity index (χ3v) is 5.58. The van der Waals surface area contributed by atoms with Gasteiger partial charge in [0.05, 0.1) is 12.3 Å². The first kappa shape index (κ1) is 20.3. The lowest BCUT2D eigenvalue weighted by atomic mass is 10.0. The number of thioether (sulfide) groups is 1. The highest BCUT2D eigenvalue weighted by atomic mass is 32.2. The van der Waals surface area contributed by atoms with Crippen molar-refractivity contribution in [1.82, 2.24) is 14.9 Å². The van der Waals surface area contributed by atoms with Gasteiger partial charge in [-0.25, -0.2) is 9.37 Å². The van der Waals surface area contributed by atoms with E-state index in [1.165, 1.54) is 23.9 Å². The average Bonchev–Trinajstić information content (AvgIpc) is 2.75. The molecule has 0 spiro atoms. The van der Waals surface area contributed by atoms with Crippen molar-refractivity contribution in [2.45, 2.75) is 25.0 Å². The van der Waals surface area contributed by atoms with Crippen molar-refractivity contribution in [2.24, 2.45) is 0 Å². The number of nitrogens with zero attached hydrogens (tertiary/aromatic N) is 3. The summed E-state index contributed by atoms with van der Waals surface area (Å²) in [7, 11) is 0. The number of hydrogen-bond acceptors (Lipinski definition) is 5. The van der Waals surface area contributed by atoms with E-state index in [2.05, 4.69) is 9.97 Å². The quantitative estimate of drug-likeness (QED) is 0.448. The van der Waals surface area contributed by atoms with Crippen LogP contribution in [0.3, 0.4) is 0 Å². The summed E-state index contributed by atoms with van der Waals surface area (Å²) < 4.78 is 19.2. The summed E-state index contributed by atoms with van der Waals surface area (Å²) in [5, 5.41) is 0.561. The molecule has 0 N–H and O–H groups in total. The molecule has 7 heteroatoms. The fourth-order valence-electron chi connectivity index (χ4n) is 3.49. The molecule has 2 heterocycles. The van der Waals surface area contributed by atoms with E-state index < -0.39 is 0 Å². The average molecular weight is 424 g/mol. The normalized spacial score (nSPS) is 14.0. The Morgan fingerprint density at radius 1 is 1.13 bits per heavy atom. The molecule has 1 aliphatic rings. The van der Waals surface area contributed by atoms with E-state index in [-0.39, 0.29) is 11.7 Å². The number of ether oxygens (including phenoxy) is 1. The molecule has 0 atom stereocenters. The van der Waals surface area contributed by atoms with Crippen LogP contribution in [0.25, 0.3) is 11.3 Å². The Bertz CT molecular complexity index is 1070. The van der Waals surface area contributed by atoms with Gasteiger partial charge < -0.3 is 9.64 Å². The zero-order valence-corrected chi connectivity index (χ0v) is 17.7. The highest BCUT2D eigenvalue weighted by Crippen LogP contribution is 2.34. The molecule has 0 radical (unpaired) electrons. The van der Waals surface area contributed by atoms with Gasteiger partial charge in [-0.1, -0.05) is 48.2 Å². The second kappa shape index (κ2) is 8.83. The Morgan fingerprint density at radius 2 is 1.90 bits per heavy atom. The number of rotatable bonds is 4. The van der Waals surface area contributed by atoms with Gasteiger partial charge in [0, 0.05) is 18.7 Å².